The van der Waals surface area contributed by atoms with Gasteiger partial charge >= 0.3 is 5.97 Å². The van der Waals surface area contributed by atoms with E-state index >= 15 is 0 Å². The minimum Gasteiger partial charge on any atom is -0.460 e. The summed E-state index contributed by atoms with van der Waals surface area (Å²) in [5, 5.41) is 6.99. The van der Waals surface area contributed by atoms with Crippen molar-refractivity contribution in [2.45, 2.75) is 45.7 Å². The maximum atomic E-state index is 12.0. The fraction of sp³-hybridized carbons (Fsp3) is 0.615. The van der Waals surface area contributed by atoms with Gasteiger partial charge in [-0.1, -0.05) is 0 Å². The number of anilines is 1. The Kier molecular flexibility index (Phi) is 4.26. The topological polar surface area (TPSA) is 99.2 Å². The number of ether oxygens (including phenoxy) is 1. The molecule has 7 heteroatoms. The average Bonchev–Trinajstić information content (AvgIpc) is 3.16. The molecule has 1 heterocycles. The zero-order valence-corrected chi connectivity index (χ0v) is 11.8. The highest BCUT2D eigenvalue weighted by molar-refractivity contribution is 5.94. The second-order valence-electron chi connectivity index (χ2n) is 4.89. The first-order valence-corrected chi connectivity index (χ1v) is 6.82. The maximum absolute atomic E-state index is 12.0. The predicted molar refractivity (Wildman–Crippen MR) is 73.1 cm³/mol. The van der Waals surface area contributed by atoms with E-state index in [-0.39, 0.29) is 24.6 Å². The van der Waals surface area contributed by atoms with Gasteiger partial charge in [-0.3, -0.25) is 9.48 Å². The Morgan fingerprint density at radius 1 is 1.50 bits per heavy atom. The van der Waals surface area contributed by atoms with E-state index in [0.29, 0.717) is 24.0 Å². The van der Waals surface area contributed by atoms with Crippen molar-refractivity contribution in [1.82, 2.24) is 15.1 Å². The molecular weight excluding hydrogens is 260 g/mol. The number of hydrogen-bond donors (Lipinski definition) is 2. The quantitative estimate of drug-likeness (QED) is 0.744. The Hall–Kier alpha value is -2.05. The molecule has 1 fully saturated rings. The fourth-order valence-corrected chi connectivity index (χ4v) is 1.87. The summed E-state index contributed by atoms with van der Waals surface area (Å²) < 4.78 is 6.61. The van der Waals surface area contributed by atoms with Crippen LogP contribution in [0.25, 0.3) is 0 Å². The van der Waals surface area contributed by atoms with Gasteiger partial charge in [0.25, 0.3) is 0 Å². The van der Waals surface area contributed by atoms with Gasteiger partial charge in [-0.2, -0.15) is 5.10 Å². The molecular formula is C13H20N4O3. The van der Waals surface area contributed by atoms with Gasteiger partial charge in [0.15, 0.2) is 5.69 Å². The zero-order chi connectivity index (χ0) is 14.7. The van der Waals surface area contributed by atoms with Crippen molar-refractivity contribution >= 4 is 17.6 Å². The van der Waals surface area contributed by atoms with E-state index in [2.05, 4.69) is 10.4 Å². The first-order chi connectivity index (χ1) is 9.52. The standard InChI is InChI=1S/C13H20N4O3/c1-3-17-12(11(14)8(2)16-17)13(19)20-7-6-10(18)15-9-4-5-9/h9H,3-7,14H2,1-2H3,(H,15,18). The van der Waals surface area contributed by atoms with Crippen LogP contribution in [0.3, 0.4) is 0 Å². The van der Waals surface area contributed by atoms with Crippen LogP contribution in [0.15, 0.2) is 0 Å². The minimum absolute atomic E-state index is 0.0464. The molecule has 110 valence electrons. The van der Waals surface area contributed by atoms with Crippen LogP contribution in [-0.4, -0.2) is 34.3 Å². The van der Waals surface area contributed by atoms with Gasteiger partial charge in [0, 0.05) is 12.6 Å². The Morgan fingerprint density at radius 3 is 2.80 bits per heavy atom. The zero-order valence-electron chi connectivity index (χ0n) is 11.8. The molecule has 0 saturated heterocycles. The number of hydrogen-bond acceptors (Lipinski definition) is 5. The molecule has 2 rings (SSSR count). The summed E-state index contributed by atoms with van der Waals surface area (Å²) in [5.41, 5.74) is 7.01. The van der Waals surface area contributed by atoms with E-state index < -0.39 is 5.97 Å². The second-order valence-corrected chi connectivity index (χ2v) is 4.89. The number of nitrogens with two attached hydrogens (primary N) is 1. The largest absolute Gasteiger partial charge is 0.460 e. The number of nitrogen functional groups attached to an aromatic ring is 1. The summed E-state index contributed by atoms with van der Waals surface area (Å²) >= 11 is 0. The summed E-state index contributed by atoms with van der Waals surface area (Å²) in [6.07, 6.45) is 2.25. The maximum Gasteiger partial charge on any atom is 0.358 e. The highest BCUT2D eigenvalue weighted by Gasteiger charge is 2.24. The van der Waals surface area contributed by atoms with Gasteiger partial charge in [-0.15, -0.1) is 0 Å². The van der Waals surface area contributed by atoms with Crippen molar-refractivity contribution < 1.29 is 14.3 Å². The third-order valence-electron chi connectivity index (χ3n) is 3.17. The van der Waals surface area contributed by atoms with Crippen LogP contribution < -0.4 is 11.1 Å². The van der Waals surface area contributed by atoms with Crippen molar-refractivity contribution in [3.8, 4) is 0 Å². The predicted octanol–water partition coefficient (Wildman–Crippen LogP) is 0.619. The molecule has 7 nitrogen and oxygen atoms in total. The van der Waals surface area contributed by atoms with Crippen molar-refractivity contribution in [3.05, 3.63) is 11.4 Å². The Labute approximate surface area is 117 Å². The van der Waals surface area contributed by atoms with Crippen LogP contribution in [0.1, 0.15) is 42.4 Å². The monoisotopic (exact) mass is 280 g/mol. The molecule has 3 N–H and O–H groups in total. The molecule has 1 amide bonds. The van der Waals surface area contributed by atoms with Crippen molar-refractivity contribution in [3.63, 3.8) is 0 Å². The smallest absolute Gasteiger partial charge is 0.358 e. The second kappa shape index (κ2) is 5.94. The molecule has 0 bridgehead atoms. The lowest BCUT2D eigenvalue weighted by molar-refractivity contribution is -0.121. The number of nitrogens with zero attached hydrogens (tertiary/aromatic N) is 2. The number of carbonyl (C=O) groups excluding carboxylic acids is 2. The first kappa shape index (κ1) is 14.4. The molecule has 1 saturated carbocycles. The van der Waals surface area contributed by atoms with E-state index in [1.54, 1.807) is 6.92 Å². The lowest BCUT2D eigenvalue weighted by Crippen LogP contribution is -2.27. The molecule has 0 spiro atoms. The van der Waals surface area contributed by atoms with Crippen LogP contribution in [0.4, 0.5) is 5.69 Å². The van der Waals surface area contributed by atoms with Crippen molar-refractivity contribution in [1.29, 1.82) is 0 Å². The Morgan fingerprint density at radius 2 is 2.20 bits per heavy atom. The third kappa shape index (κ3) is 3.28. The van der Waals surface area contributed by atoms with Gasteiger partial charge in [-0.25, -0.2) is 4.79 Å². The molecule has 1 aromatic heterocycles. The highest BCUT2D eigenvalue weighted by Crippen LogP contribution is 2.19. The highest BCUT2D eigenvalue weighted by atomic mass is 16.5. The molecule has 1 aliphatic rings. The summed E-state index contributed by atoms with van der Waals surface area (Å²) in [6, 6.07) is 0.318. The van der Waals surface area contributed by atoms with Crippen LogP contribution >= 0.6 is 0 Å². The number of amides is 1. The summed E-state index contributed by atoms with van der Waals surface area (Å²) in [5.74, 6) is -0.627. The Balaban J connectivity index is 1.86. The number of carbonyl (C=O) groups is 2. The van der Waals surface area contributed by atoms with Crippen LogP contribution in [0.2, 0.25) is 0 Å². The van der Waals surface area contributed by atoms with Gasteiger partial charge in [-0.05, 0) is 26.7 Å². The SMILES string of the molecule is CCn1nc(C)c(N)c1C(=O)OCCC(=O)NC1CC1. The van der Waals surface area contributed by atoms with Gasteiger partial charge < -0.3 is 15.8 Å². The summed E-state index contributed by atoms with van der Waals surface area (Å²) in [7, 11) is 0. The average molecular weight is 280 g/mol. The summed E-state index contributed by atoms with van der Waals surface area (Å²) in [6.45, 7) is 4.18. The van der Waals surface area contributed by atoms with E-state index in [4.69, 9.17) is 10.5 Å². The molecule has 0 radical (unpaired) electrons. The molecule has 1 aromatic rings. The lowest BCUT2D eigenvalue weighted by atomic mass is 10.3. The number of esters is 1. The number of aryl methyl sites for hydroxylation is 2. The van der Waals surface area contributed by atoms with Crippen molar-refractivity contribution in [2.24, 2.45) is 0 Å². The minimum atomic E-state index is -0.538. The van der Waals surface area contributed by atoms with Gasteiger partial charge in [0.2, 0.25) is 5.91 Å². The molecule has 20 heavy (non-hydrogen) atoms. The lowest BCUT2D eigenvalue weighted by Gasteiger charge is -2.07. The first-order valence-electron chi connectivity index (χ1n) is 6.82. The van der Waals surface area contributed by atoms with Crippen LogP contribution in [0.5, 0.6) is 0 Å². The summed E-state index contributed by atoms with van der Waals surface area (Å²) in [4.78, 5) is 23.4. The fourth-order valence-electron chi connectivity index (χ4n) is 1.87. The van der Waals surface area contributed by atoms with E-state index in [9.17, 15) is 9.59 Å². The molecule has 0 aliphatic heterocycles. The van der Waals surface area contributed by atoms with Gasteiger partial charge in [0.1, 0.15) is 6.61 Å². The number of aromatic nitrogens is 2. The van der Waals surface area contributed by atoms with E-state index in [1.807, 2.05) is 6.92 Å². The Bertz CT molecular complexity index is 520. The molecule has 1 aliphatic carbocycles. The van der Waals surface area contributed by atoms with E-state index in [1.165, 1.54) is 4.68 Å². The molecule has 0 aromatic carbocycles. The van der Waals surface area contributed by atoms with Crippen LogP contribution in [-0.2, 0) is 16.1 Å². The molecule has 0 unspecified atom stereocenters. The number of nitrogens with one attached hydrogen (secondary N) is 1. The van der Waals surface area contributed by atoms with Crippen LogP contribution in [0, 0.1) is 6.92 Å². The normalized spacial score (nSPS) is 14.1. The molecule has 0 atom stereocenters. The van der Waals surface area contributed by atoms with E-state index in [0.717, 1.165) is 12.8 Å². The van der Waals surface area contributed by atoms with Gasteiger partial charge in [0.05, 0.1) is 17.8 Å². The third-order valence-corrected chi connectivity index (χ3v) is 3.17. The number of rotatable bonds is 6. The van der Waals surface area contributed by atoms with Crippen molar-refractivity contribution in [2.75, 3.05) is 12.3 Å².